The molecule has 0 saturated carbocycles. The molecular weight excluding hydrogens is 482 g/mol. The summed E-state index contributed by atoms with van der Waals surface area (Å²) in [5.41, 5.74) is 10.6. The van der Waals surface area contributed by atoms with E-state index in [9.17, 15) is 4.79 Å². The molecule has 6 nitrogen and oxygen atoms in total. The summed E-state index contributed by atoms with van der Waals surface area (Å²) in [5, 5.41) is 5.17. The Bertz CT molecular complexity index is 1770. The summed E-state index contributed by atoms with van der Waals surface area (Å²) in [6, 6.07) is 35.9. The molecule has 6 heteroatoms. The van der Waals surface area contributed by atoms with E-state index >= 15 is 0 Å². The van der Waals surface area contributed by atoms with Crippen LogP contribution >= 0.6 is 0 Å². The third kappa shape index (κ3) is 5.08. The van der Waals surface area contributed by atoms with Gasteiger partial charge in [0, 0.05) is 29.0 Å². The molecule has 0 aliphatic carbocycles. The number of hydrogen-bond acceptors (Lipinski definition) is 4. The average molecular weight is 508 g/mol. The minimum absolute atomic E-state index is 0.287. The number of rotatable bonds is 6. The van der Waals surface area contributed by atoms with Crippen LogP contribution in [0.2, 0.25) is 0 Å². The number of carbonyl (C=O) groups is 1. The maximum absolute atomic E-state index is 13.4. The SMILES string of the molecule is C/C(=N/NC(=O)c1cc(-c2ccc(-c3ccccc3)cc2)nc2ccccc12)c1ccc(-n2ccnc2)cc1. The number of nitrogens with one attached hydrogen (secondary N) is 1. The van der Waals surface area contributed by atoms with E-state index in [2.05, 4.69) is 39.8 Å². The zero-order chi connectivity index (χ0) is 26.6. The molecule has 0 unspecified atom stereocenters. The van der Waals surface area contributed by atoms with Crippen molar-refractivity contribution in [1.29, 1.82) is 0 Å². The maximum Gasteiger partial charge on any atom is 0.272 e. The van der Waals surface area contributed by atoms with Gasteiger partial charge in [0.1, 0.15) is 0 Å². The molecule has 0 radical (unpaired) electrons. The number of imidazole rings is 1. The summed E-state index contributed by atoms with van der Waals surface area (Å²) in [7, 11) is 0. The van der Waals surface area contributed by atoms with Gasteiger partial charge in [-0.1, -0.05) is 84.9 Å². The van der Waals surface area contributed by atoms with Crippen molar-refractivity contribution in [3.8, 4) is 28.1 Å². The molecule has 1 N–H and O–H groups in total. The second-order valence-electron chi connectivity index (χ2n) is 9.17. The Kier molecular flexibility index (Phi) is 6.50. The van der Waals surface area contributed by atoms with Crippen molar-refractivity contribution in [2.24, 2.45) is 5.10 Å². The number of fused-ring (bicyclic) bond motifs is 1. The molecule has 0 atom stereocenters. The number of amides is 1. The number of hydrogen-bond donors (Lipinski definition) is 1. The van der Waals surface area contributed by atoms with E-state index < -0.39 is 0 Å². The fourth-order valence-electron chi connectivity index (χ4n) is 4.52. The highest BCUT2D eigenvalue weighted by molar-refractivity contribution is 6.08. The van der Waals surface area contributed by atoms with Crippen LogP contribution in [0, 0.1) is 0 Å². The molecule has 6 aromatic rings. The Morgan fingerprint density at radius 1 is 0.795 bits per heavy atom. The van der Waals surface area contributed by atoms with E-state index in [0.29, 0.717) is 11.3 Å². The number of nitrogens with zero attached hydrogens (tertiary/aromatic N) is 4. The summed E-state index contributed by atoms with van der Waals surface area (Å²) >= 11 is 0. The Morgan fingerprint density at radius 2 is 1.49 bits per heavy atom. The quantitative estimate of drug-likeness (QED) is 0.197. The van der Waals surface area contributed by atoms with Crippen LogP contribution in [0.4, 0.5) is 0 Å². The molecule has 0 bridgehead atoms. The third-order valence-electron chi connectivity index (χ3n) is 6.66. The van der Waals surface area contributed by atoms with Crippen LogP contribution in [0.3, 0.4) is 0 Å². The van der Waals surface area contributed by atoms with Crippen molar-refractivity contribution in [2.75, 3.05) is 0 Å². The first kappa shape index (κ1) is 24.0. The standard InChI is InChI=1S/C33H25N5O/c1-23(24-15-17-28(18-16-24)38-20-19-34-22-38)36-37-33(39)30-21-32(35-31-10-6-5-9-29(30)31)27-13-11-26(12-14-27)25-7-3-2-4-8-25/h2-22H,1H3,(H,37,39)/b36-23-. The van der Waals surface area contributed by atoms with Gasteiger partial charge in [0.25, 0.3) is 5.91 Å². The molecule has 1 amide bonds. The monoisotopic (exact) mass is 507 g/mol. The Hall–Kier alpha value is -5.36. The van der Waals surface area contributed by atoms with Crippen molar-refractivity contribution in [3.63, 3.8) is 0 Å². The summed E-state index contributed by atoms with van der Waals surface area (Å²) in [6.45, 7) is 1.87. The number of aromatic nitrogens is 3. The molecule has 0 fully saturated rings. The number of para-hydroxylation sites is 1. The molecule has 6 rings (SSSR count). The van der Waals surface area contributed by atoms with Gasteiger partial charge >= 0.3 is 0 Å². The molecule has 4 aromatic carbocycles. The van der Waals surface area contributed by atoms with E-state index in [1.165, 1.54) is 0 Å². The van der Waals surface area contributed by atoms with Gasteiger partial charge in [0.2, 0.25) is 0 Å². The molecule has 0 saturated heterocycles. The Morgan fingerprint density at radius 3 is 2.23 bits per heavy atom. The fourth-order valence-corrected chi connectivity index (χ4v) is 4.52. The number of pyridine rings is 1. The predicted octanol–water partition coefficient (Wildman–Crippen LogP) is 6.91. The topological polar surface area (TPSA) is 72.2 Å². The van der Waals surface area contributed by atoms with Gasteiger partial charge in [0.05, 0.1) is 28.8 Å². The van der Waals surface area contributed by atoms with Crippen LogP contribution in [0.1, 0.15) is 22.8 Å². The lowest BCUT2D eigenvalue weighted by Gasteiger charge is -2.10. The van der Waals surface area contributed by atoms with Crippen molar-refractivity contribution in [2.45, 2.75) is 6.92 Å². The highest BCUT2D eigenvalue weighted by Crippen LogP contribution is 2.27. The van der Waals surface area contributed by atoms with E-state index in [-0.39, 0.29) is 5.91 Å². The van der Waals surface area contributed by atoms with Gasteiger partial charge in [-0.3, -0.25) is 4.79 Å². The van der Waals surface area contributed by atoms with Gasteiger partial charge in [-0.25, -0.2) is 15.4 Å². The lowest BCUT2D eigenvalue weighted by Crippen LogP contribution is -2.20. The molecule has 0 aliphatic rings. The van der Waals surface area contributed by atoms with Gasteiger partial charge in [-0.2, -0.15) is 5.10 Å². The van der Waals surface area contributed by atoms with E-state index in [1.807, 2.05) is 103 Å². The summed E-state index contributed by atoms with van der Waals surface area (Å²) in [6.07, 6.45) is 5.38. The van der Waals surface area contributed by atoms with Crippen LogP contribution in [-0.4, -0.2) is 26.2 Å². The second-order valence-corrected chi connectivity index (χ2v) is 9.17. The van der Waals surface area contributed by atoms with Gasteiger partial charge in [-0.15, -0.1) is 0 Å². The van der Waals surface area contributed by atoms with Crippen molar-refractivity contribution >= 4 is 22.5 Å². The highest BCUT2D eigenvalue weighted by atomic mass is 16.2. The Labute approximate surface area is 226 Å². The minimum Gasteiger partial charge on any atom is -0.306 e. The van der Waals surface area contributed by atoms with E-state index in [4.69, 9.17) is 4.98 Å². The molecule has 39 heavy (non-hydrogen) atoms. The molecule has 0 spiro atoms. The van der Waals surface area contributed by atoms with E-state index in [1.54, 1.807) is 12.5 Å². The van der Waals surface area contributed by atoms with Crippen LogP contribution in [0.5, 0.6) is 0 Å². The highest BCUT2D eigenvalue weighted by Gasteiger charge is 2.14. The first-order valence-electron chi connectivity index (χ1n) is 12.6. The van der Waals surface area contributed by atoms with Crippen LogP contribution in [0.25, 0.3) is 39.0 Å². The van der Waals surface area contributed by atoms with E-state index in [0.717, 1.165) is 44.5 Å². The van der Waals surface area contributed by atoms with Crippen LogP contribution in [-0.2, 0) is 0 Å². The van der Waals surface area contributed by atoms with Crippen molar-refractivity contribution in [3.05, 3.63) is 139 Å². The fraction of sp³-hybridized carbons (Fsp3) is 0.0303. The Balaban J connectivity index is 1.27. The first-order valence-corrected chi connectivity index (χ1v) is 12.6. The smallest absolute Gasteiger partial charge is 0.272 e. The van der Waals surface area contributed by atoms with Gasteiger partial charge in [-0.05, 0) is 47.9 Å². The second kappa shape index (κ2) is 10.6. The molecule has 2 aromatic heterocycles. The number of benzene rings is 4. The first-order chi connectivity index (χ1) is 19.2. The van der Waals surface area contributed by atoms with Crippen molar-refractivity contribution < 1.29 is 4.79 Å². The molecule has 188 valence electrons. The minimum atomic E-state index is -0.287. The summed E-state index contributed by atoms with van der Waals surface area (Å²) < 4.78 is 1.93. The van der Waals surface area contributed by atoms with Gasteiger partial charge < -0.3 is 4.57 Å². The number of hydrazone groups is 1. The number of carbonyl (C=O) groups excluding carboxylic acids is 1. The predicted molar refractivity (Wildman–Crippen MR) is 156 cm³/mol. The zero-order valence-corrected chi connectivity index (χ0v) is 21.3. The zero-order valence-electron chi connectivity index (χ0n) is 21.3. The summed E-state index contributed by atoms with van der Waals surface area (Å²) in [5.74, 6) is -0.287. The lowest BCUT2D eigenvalue weighted by atomic mass is 10.0. The normalized spacial score (nSPS) is 11.5. The largest absolute Gasteiger partial charge is 0.306 e. The molecule has 2 heterocycles. The maximum atomic E-state index is 13.4. The van der Waals surface area contributed by atoms with Crippen LogP contribution in [0.15, 0.2) is 133 Å². The lowest BCUT2D eigenvalue weighted by molar-refractivity contribution is 0.0956. The van der Waals surface area contributed by atoms with Crippen molar-refractivity contribution in [1.82, 2.24) is 20.0 Å². The average Bonchev–Trinajstić information content (AvgIpc) is 3.55. The molecular formula is C33H25N5O. The third-order valence-corrected chi connectivity index (χ3v) is 6.66. The van der Waals surface area contributed by atoms with Gasteiger partial charge in [0.15, 0.2) is 0 Å². The van der Waals surface area contributed by atoms with Crippen LogP contribution < -0.4 is 5.43 Å². The molecule has 0 aliphatic heterocycles. The summed E-state index contributed by atoms with van der Waals surface area (Å²) in [4.78, 5) is 22.3.